The summed E-state index contributed by atoms with van der Waals surface area (Å²) in [7, 11) is 0. The summed E-state index contributed by atoms with van der Waals surface area (Å²) in [5.41, 5.74) is 0. The molecule has 2 unspecified atom stereocenters. The van der Waals surface area contributed by atoms with Crippen LogP contribution in [0.5, 0.6) is 0 Å². The molecule has 0 spiro atoms. The fraction of sp³-hybridized carbons (Fsp3) is 0.643. The van der Waals surface area contributed by atoms with Crippen molar-refractivity contribution in [2.24, 2.45) is 5.92 Å². The summed E-state index contributed by atoms with van der Waals surface area (Å²) in [4.78, 5) is 4.51. The van der Waals surface area contributed by atoms with Crippen LogP contribution in [0, 0.1) is 5.92 Å². The SMILES string of the molecule is CCCNc1cccc(NCC2CCC(O)C2)n1. The summed E-state index contributed by atoms with van der Waals surface area (Å²) in [5.74, 6) is 2.42. The molecule has 1 aliphatic rings. The van der Waals surface area contributed by atoms with Crippen LogP contribution in [-0.2, 0) is 0 Å². The summed E-state index contributed by atoms with van der Waals surface area (Å²) in [5, 5.41) is 16.1. The third-order valence-electron chi connectivity index (χ3n) is 3.39. The molecular formula is C14H23N3O. The Bertz CT molecular complexity index is 370. The van der Waals surface area contributed by atoms with Crippen molar-refractivity contribution in [3.05, 3.63) is 18.2 Å². The van der Waals surface area contributed by atoms with Gasteiger partial charge in [0, 0.05) is 13.1 Å². The number of hydrogen-bond acceptors (Lipinski definition) is 4. The number of aromatic nitrogens is 1. The summed E-state index contributed by atoms with van der Waals surface area (Å²) >= 11 is 0. The standard InChI is InChI=1S/C14H23N3O/c1-2-8-15-13-4-3-5-14(17-13)16-10-11-6-7-12(18)9-11/h3-5,11-12,18H,2,6-10H2,1H3,(H2,15,16,17). The van der Waals surface area contributed by atoms with Crippen LogP contribution in [0.3, 0.4) is 0 Å². The van der Waals surface area contributed by atoms with Crippen molar-refractivity contribution in [3.63, 3.8) is 0 Å². The molecule has 18 heavy (non-hydrogen) atoms. The second-order valence-corrected chi connectivity index (χ2v) is 5.05. The smallest absolute Gasteiger partial charge is 0.128 e. The lowest BCUT2D eigenvalue weighted by atomic mass is 10.1. The van der Waals surface area contributed by atoms with Gasteiger partial charge in [-0.1, -0.05) is 13.0 Å². The molecule has 4 heteroatoms. The number of pyridine rings is 1. The quantitative estimate of drug-likeness (QED) is 0.725. The van der Waals surface area contributed by atoms with Crippen molar-refractivity contribution in [1.82, 2.24) is 4.98 Å². The van der Waals surface area contributed by atoms with Gasteiger partial charge in [-0.3, -0.25) is 0 Å². The van der Waals surface area contributed by atoms with Gasteiger partial charge in [0.1, 0.15) is 11.6 Å². The van der Waals surface area contributed by atoms with Crippen LogP contribution in [0.15, 0.2) is 18.2 Å². The third-order valence-corrected chi connectivity index (χ3v) is 3.39. The highest BCUT2D eigenvalue weighted by Crippen LogP contribution is 2.25. The maximum Gasteiger partial charge on any atom is 0.128 e. The second-order valence-electron chi connectivity index (χ2n) is 5.05. The highest BCUT2D eigenvalue weighted by atomic mass is 16.3. The molecule has 0 radical (unpaired) electrons. The van der Waals surface area contributed by atoms with Gasteiger partial charge >= 0.3 is 0 Å². The zero-order chi connectivity index (χ0) is 12.8. The molecule has 1 aliphatic carbocycles. The van der Waals surface area contributed by atoms with Gasteiger partial charge in [0.05, 0.1) is 6.10 Å². The Kier molecular flexibility index (Phi) is 4.81. The molecule has 1 saturated carbocycles. The van der Waals surface area contributed by atoms with Crippen molar-refractivity contribution in [2.75, 3.05) is 23.7 Å². The molecule has 1 aromatic rings. The van der Waals surface area contributed by atoms with Crippen LogP contribution in [0.2, 0.25) is 0 Å². The Labute approximate surface area is 109 Å². The van der Waals surface area contributed by atoms with Crippen LogP contribution in [0.1, 0.15) is 32.6 Å². The summed E-state index contributed by atoms with van der Waals surface area (Å²) < 4.78 is 0. The van der Waals surface area contributed by atoms with E-state index < -0.39 is 0 Å². The van der Waals surface area contributed by atoms with Crippen LogP contribution in [-0.4, -0.2) is 29.3 Å². The Balaban J connectivity index is 1.81. The average molecular weight is 249 g/mol. The minimum absolute atomic E-state index is 0.0951. The van der Waals surface area contributed by atoms with Crippen molar-refractivity contribution >= 4 is 11.6 Å². The molecule has 1 fully saturated rings. The summed E-state index contributed by atoms with van der Waals surface area (Å²) in [6, 6.07) is 5.99. The van der Waals surface area contributed by atoms with Crippen LogP contribution >= 0.6 is 0 Å². The summed E-state index contributed by atoms with van der Waals surface area (Å²) in [6.45, 7) is 3.99. The average Bonchev–Trinajstić information content (AvgIpc) is 2.80. The fourth-order valence-corrected chi connectivity index (χ4v) is 2.37. The Morgan fingerprint density at radius 1 is 1.28 bits per heavy atom. The van der Waals surface area contributed by atoms with Gasteiger partial charge in [-0.25, -0.2) is 4.98 Å². The number of aliphatic hydroxyl groups excluding tert-OH is 1. The van der Waals surface area contributed by atoms with E-state index in [0.29, 0.717) is 5.92 Å². The number of nitrogens with zero attached hydrogens (tertiary/aromatic N) is 1. The van der Waals surface area contributed by atoms with E-state index in [2.05, 4.69) is 22.5 Å². The number of aliphatic hydroxyl groups is 1. The highest BCUT2D eigenvalue weighted by molar-refractivity contribution is 5.45. The first-order valence-electron chi connectivity index (χ1n) is 6.90. The zero-order valence-electron chi connectivity index (χ0n) is 11.0. The number of rotatable bonds is 6. The molecule has 0 saturated heterocycles. The van der Waals surface area contributed by atoms with E-state index in [-0.39, 0.29) is 6.10 Å². The molecule has 2 rings (SSSR count). The van der Waals surface area contributed by atoms with Crippen LogP contribution < -0.4 is 10.6 Å². The Morgan fingerprint density at radius 3 is 2.72 bits per heavy atom. The molecule has 0 amide bonds. The van der Waals surface area contributed by atoms with E-state index in [0.717, 1.165) is 50.4 Å². The molecule has 0 aliphatic heterocycles. The third kappa shape index (κ3) is 3.88. The van der Waals surface area contributed by atoms with Gasteiger partial charge in [0.2, 0.25) is 0 Å². The molecule has 0 bridgehead atoms. The van der Waals surface area contributed by atoms with Crippen molar-refractivity contribution in [1.29, 1.82) is 0 Å². The maximum absolute atomic E-state index is 9.48. The minimum Gasteiger partial charge on any atom is -0.393 e. The van der Waals surface area contributed by atoms with Gasteiger partial charge in [-0.05, 0) is 43.7 Å². The number of hydrogen-bond donors (Lipinski definition) is 3. The molecule has 2 atom stereocenters. The number of nitrogens with one attached hydrogen (secondary N) is 2. The second kappa shape index (κ2) is 6.59. The molecule has 3 N–H and O–H groups in total. The van der Waals surface area contributed by atoms with Crippen molar-refractivity contribution in [2.45, 2.75) is 38.7 Å². The first-order chi connectivity index (χ1) is 8.78. The van der Waals surface area contributed by atoms with Crippen LogP contribution in [0.4, 0.5) is 11.6 Å². The van der Waals surface area contributed by atoms with E-state index in [1.54, 1.807) is 0 Å². The van der Waals surface area contributed by atoms with Gasteiger partial charge in [-0.2, -0.15) is 0 Å². The fourth-order valence-electron chi connectivity index (χ4n) is 2.37. The topological polar surface area (TPSA) is 57.2 Å². The first kappa shape index (κ1) is 13.1. The predicted octanol–water partition coefficient (Wildman–Crippen LogP) is 2.48. The first-order valence-corrected chi connectivity index (χ1v) is 6.90. The molecule has 100 valence electrons. The monoisotopic (exact) mass is 249 g/mol. The van der Waals surface area contributed by atoms with Crippen LogP contribution in [0.25, 0.3) is 0 Å². The lowest BCUT2D eigenvalue weighted by Gasteiger charge is -2.12. The Hall–Kier alpha value is -1.29. The zero-order valence-corrected chi connectivity index (χ0v) is 11.0. The largest absolute Gasteiger partial charge is 0.393 e. The van der Waals surface area contributed by atoms with E-state index in [1.807, 2.05) is 18.2 Å². The molecule has 1 heterocycles. The van der Waals surface area contributed by atoms with Gasteiger partial charge in [0.25, 0.3) is 0 Å². The van der Waals surface area contributed by atoms with E-state index in [1.165, 1.54) is 0 Å². The normalized spacial score (nSPS) is 23.0. The Morgan fingerprint density at radius 2 is 2.06 bits per heavy atom. The molecule has 4 nitrogen and oxygen atoms in total. The lowest BCUT2D eigenvalue weighted by molar-refractivity contribution is 0.178. The molecule has 1 aromatic heterocycles. The highest BCUT2D eigenvalue weighted by Gasteiger charge is 2.22. The molecule has 0 aromatic carbocycles. The van der Waals surface area contributed by atoms with Gasteiger partial charge < -0.3 is 15.7 Å². The summed E-state index contributed by atoms with van der Waals surface area (Å²) in [6.07, 6.45) is 3.97. The van der Waals surface area contributed by atoms with E-state index in [4.69, 9.17) is 0 Å². The van der Waals surface area contributed by atoms with E-state index in [9.17, 15) is 5.11 Å². The van der Waals surface area contributed by atoms with E-state index >= 15 is 0 Å². The molecular weight excluding hydrogens is 226 g/mol. The van der Waals surface area contributed by atoms with Crippen molar-refractivity contribution in [3.8, 4) is 0 Å². The minimum atomic E-state index is -0.0951. The lowest BCUT2D eigenvalue weighted by Crippen LogP contribution is -2.13. The van der Waals surface area contributed by atoms with Crippen molar-refractivity contribution < 1.29 is 5.11 Å². The maximum atomic E-state index is 9.48. The predicted molar refractivity (Wildman–Crippen MR) is 74.9 cm³/mol. The van der Waals surface area contributed by atoms with Gasteiger partial charge in [0.15, 0.2) is 0 Å². The number of anilines is 2. The van der Waals surface area contributed by atoms with Gasteiger partial charge in [-0.15, -0.1) is 0 Å².